The number of ether oxygens (including phenoxy) is 1. The van der Waals surface area contributed by atoms with Gasteiger partial charge in [-0.3, -0.25) is 4.90 Å². The van der Waals surface area contributed by atoms with Crippen LogP contribution in [0.1, 0.15) is 34.4 Å². The summed E-state index contributed by atoms with van der Waals surface area (Å²) in [7, 11) is 1.78. The Balaban J connectivity index is 1.72. The molecule has 0 aliphatic carbocycles. The van der Waals surface area contributed by atoms with Crippen LogP contribution in [0.5, 0.6) is 0 Å². The van der Waals surface area contributed by atoms with Crippen molar-refractivity contribution in [2.75, 3.05) is 20.3 Å². The van der Waals surface area contributed by atoms with E-state index in [9.17, 15) is 0 Å². The number of aryl methyl sites for hydroxylation is 2. The summed E-state index contributed by atoms with van der Waals surface area (Å²) < 4.78 is 7.65. The van der Waals surface area contributed by atoms with Crippen molar-refractivity contribution in [3.8, 4) is 0 Å². The van der Waals surface area contributed by atoms with Gasteiger partial charge in [0.15, 0.2) is 0 Å². The average Bonchev–Trinajstić information content (AvgIpc) is 3.12. The highest BCUT2D eigenvalue weighted by Crippen LogP contribution is 2.16. The minimum absolute atomic E-state index is 0.800. The summed E-state index contributed by atoms with van der Waals surface area (Å²) >= 11 is 0. The molecule has 2 aromatic carbocycles. The van der Waals surface area contributed by atoms with Crippen LogP contribution < -0.4 is 0 Å². The summed E-state index contributed by atoms with van der Waals surface area (Å²) in [5.74, 6) is 0. The van der Waals surface area contributed by atoms with Gasteiger partial charge in [0.1, 0.15) is 0 Å². The lowest BCUT2D eigenvalue weighted by Crippen LogP contribution is -2.26. The number of methoxy groups -OCH3 is 1. The fourth-order valence-electron chi connectivity index (χ4n) is 3.54. The van der Waals surface area contributed by atoms with E-state index in [1.165, 1.54) is 27.9 Å². The lowest BCUT2D eigenvalue weighted by molar-refractivity contribution is 0.165. The first-order valence-electron chi connectivity index (χ1n) is 10.1. The SMILES string of the molecule is COCCCN(Cc1ccccc1C)Cc1cccn1Cc1ccc(C)cc1. The third-order valence-electron chi connectivity index (χ3n) is 5.26. The molecule has 0 fully saturated rings. The fourth-order valence-corrected chi connectivity index (χ4v) is 3.54. The predicted octanol–water partition coefficient (Wildman–Crippen LogP) is 5.19. The second kappa shape index (κ2) is 10.3. The largest absolute Gasteiger partial charge is 0.385 e. The Bertz CT molecular complexity index is 851. The lowest BCUT2D eigenvalue weighted by atomic mass is 10.1. The van der Waals surface area contributed by atoms with E-state index in [0.717, 1.165) is 39.2 Å². The van der Waals surface area contributed by atoms with Crippen molar-refractivity contribution < 1.29 is 4.74 Å². The van der Waals surface area contributed by atoms with E-state index in [-0.39, 0.29) is 0 Å². The zero-order valence-electron chi connectivity index (χ0n) is 17.4. The van der Waals surface area contributed by atoms with Crippen molar-refractivity contribution in [1.82, 2.24) is 9.47 Å². The van der Waals surface area contributed by atoms with Crippen LogP contribution in [0.2, 0.25) is 0 Å². The summed E-state index contributed by atoms with van der Waals surface area (Å²) in [6.07, 6.45) is 3.23. The first-order valence-corrected chi connectivity index (χ1v) is 10.1. The number of nitrogens with zero attached hydrogens (tertiary/aromatic N) is 2. The number of benzene rings is 2. The van der Waals surface area contributed by atoms with E-state index >= 15 is 0 Å². The molecule has 148 valence electrons. The van der Waals surface area contributed by atoms with Crippen LogP contribution in [0.4, 0.5) is 0 Å². The predicted molar refractivity (Wildman–Crippen MR) is 116 cm³/mol. The molecule has 3 heteroatoms. The van der Waals surface area contributed by atoms with E-state index < -0.39 is 0 Å². The summed E-state index contributed by atoms with van der Waals surface area (Å²) in [5, 5.41) is 0. The molecule has 1 heterocycles. The molecule has 28 heavy (non-hydrogen) atoms. The van der Waals surface area contributed by atoms with E-state index in [2.05, 4.69) is 90.2 Å². The molecule has 0 amide bonds. The smallest absolute Gasteiger partial charge is 0.0474 e. The van der Waals surface area contributed by atoms with Gasteiger partial charge in [-0.25, -0.2) is 0 Å². The van der Waals surface area contributed by atoms with Crippen LogP contribution in [0.25, 0.3) is 0 Å². The van der Waals surface area contributed by atoms with Crippen molar-refractivity contribution in [2.45, 2.75) is 39.9 Å². The first kappa shape index (κ1) is 20.4. The first-order chi connectivity index (χ1) is 13.7. The van der Waals surface area contributed by atoms with Gasteiger partial charge >= 0.3 is 0 Å². The van der Waals surface area contributed by atoms with Crippen LogP contribution >= 0.6 is 0 Å². The van der Waals surface area contributed by atoms with Crippen LogP contribution in [0, 0.1) is 13.8 Å². The molecular weight excluding hydrogens is 344 g/mol. The van der Waals surface area contributed by atoms with E-state index in [1.807, 2.05) is 0 Å². The zero-order valence-corrected chi connectivity index (χ0v) is 17.4. The van der Waals surface area contributed by atoms with Crippen LogP contribution in [0.15, 0.2) is 66.9 Å². The molecule has 3 aromatic rings. The molecule has 0 atom stereocenters. The third kappa shape index (κ3) is 5.82. The maximum Gasteiger partial charge on any atom is 0.0474 e. The minimum atomic E-state index is 0.800. The van der Waals surface area contributed by atoms with Gasteiger partial charge in [0.05, 0.1) is 0 Å². The molecule has 0 bridgehead atoms. The summed E-state index contributed by atoms with van der Waals surface area (Å²) in [6, 6.07) is 21.9. The fraction of sp³-hybridized carbons (Fsp3) is 0.360. The zero-order chi connectivity index (χ0) is 19.8. The van der Waals surface area contributed by atoms with Crippen LogP contribution in [-0.4, -0.2) is 29.7 Å². The summed E-state index contributed by atoms with van der Waals surface area (Å²) in [5.41, 5.74) is 6.75. The number of rotatable bonds is 10. The lowest BCUT2D eigenvalue weighted by Gasteiger charge is -2.24. The highest BCUT2D eigenvalue weighted by Gasteiger charge is 2.11. The van der Waals surface area contributed by atoms with E-state index in [4.69, 9.17) is 4.74 Å². The number of hydrogen-bond acceptors (Lipinski definition) is 2. The third-order valence-corrected chi connectivity index (χ3v) is 5.26. The van der Waals surface area contributed by atoms with Crippen LogP contribution in [0.3, 0.4) is 0 Å². The van der Waals surface area contributed by atoms with Gasteiger partial charge in [0, 0.05) is 51.8 Å². The topological polar surface area (TPSA) is 17.4 Å². The molecular formula is C25H32N2O. The van der Waals surface area contributed by atoms with E-state index in [1.54, 1.807) is 7.11 Å². The summed E-state index contributed by atoms with van der Waals surface area (Å²) in [4.78, 5) is 2.53. The van der Waals surface area contributed by atoms with Crippen molar-refractivity contribution in [3.05, 3.63) is 94.8 Å². The normalized spacial score (nSPS) is 11.3. The number of hydrogen-bond donors (Lipinski definition) is 0. The van der Waals surface area contributed by atoms with Gasteiger partial charge < -0.3 is 9.30 Å². The molecule has 0 N–H and O–H groups in total. The van der Waals surface area contributed by atoms with Crippen molar-refractivity contribution in [2.24, 2.45) is 0 Å². The quantitative estimate of drug-likeness (QED) is 0.453. The van der Waals surface area contributed by atoms with Crippen molar-refractivity contribution in [1.29, 1.82) is 0 Å². The van der Waals surface area contributed by atoms with Gasteiger partial charge in [-0.1, -0.05) is 54.1 Å². The molecule has 1 aromatic heterocycles. The molecule has 0 aliphatic heterocycles. The second-order valence-corrected chi connectivity index (χ2v) is 7.60. The summed E-state index contributed by atoms with van der Waals surface area (Å²) in [6.45, 7) is 8.98. The van der Waals surface area contributed by atoms with Gasteiger partial charge in [0.25, 0.3) is 0 Å². The Morgan fingerprint density at radius 1 is 0.893 bits per heavy atom. The second-order valence-electron chi connectivity index (χ2n) is 7.60. The standard InChI is InChI=1S/C25H32N2O/c1-21-11-13-23(14-12-21)18-27-16-6-10-25(27)20-26(15-7-17-28-3)19-24-9-5-4-8-22(24)2/h4-6,8-14,16H,7,15,17-20H2,1-3H3. The van der Waals surface area contributed by atoms with Gasteiger partial charge in [0.2, 0.25) is 0 Å². The van der Waals surface area contributed by atoms with Gasteiger partial charge in [-0.2, -0.15) is 0 Å². The Kier molecular flexibility index (Phi) is 7.46. The number of aromatic nitrogens is 1. The molecule has 0 radical (unpaired) electrons. The van der Waals surface area contributed by atoms with Crippen molar-refractivity contribution in [3.63, 3.8) is 0 Å². The Hall–Kier alpha value is -2.36. The minimum Gasteiger partial charge on any atom is -0.385 e. The van der Waals surface area contributed by atoms with Crippen molar-refractivity contribution >= 4 is 0 Å². The molecule has 0 aliphatic rings. The molecule has 3 nitrogen and oxygen atoms in total. The van der Waals surface area contributed by atoms with Gasteiger partial charge in [-0.15, -0.1) is 0 Å². The Morgan fingerprint density at radius 2 is 1.68 bits per heavy atom. The molecule has 0 spiro atoms. The average molecular weight is 377 g/mol. The highest BCUT2D eigenvalue weighted by atomic mass is 16.5. The molecule has 0 saturated carbocycles. The highest BCUT2D eigenvalue weighted by molar-refractivity contribution is 5.26. The van der Waals surface area contributed by atoms with Gasteiger partial charge in [-0.05, 0) is 49.1 Å². The Labute approximate surface area is 169 Å². The van der Waals surface area contributed by atoms with Crippen LogP contribution in [-0.2, 0) is 24.4 Å². The molecule has 0 saturated heterocycles. The maximum atomic E-state index is 5.28. The molecule has 0 unspecified atom stereocenters. The Morgan fingerprint density at radius 3 is 2.43 bits per heavy atom. The maximum absolute atomic E-state index is 5.28. The monoisotopic (exact) mass is 376 g/mol. The molecule has 3 rings (SSSR count). The van der Waals surface area contributed by atoms with E-state index in [0.29, 0.717) is 0 Å².